The van der Waals surface area contributed by atoms with Crippen LogP contribution >= 0.6 is 22.6 Å². The number of para-hydroxylation sites is 1. The lowest BCUT2D eigenvalue weighted by atomic mass is 10.1. The summed E-state index contributed by atoms with van der Waals surface area (Å²) in [5.41, 5.74) is 1.35. The van der Waals surface area contributed by atoms with Gasteiger partial charge in [0, 0.05) is 0 Å². The quantitative estimate of drug-likeness (QED) is 0.514. The molecule has 0 radical (unpaired) electrons. The molecule has 0 fully saturated rings. The Morgan fingerprint density at radius 2 is 2.18 bits per heavy atom. The van der Waals surface area contributed by atoms with E-state index in [1.807, 2.05) is 12.1 Å². The molecule has 0 saturated carbocycles. The fourth-order valence-corrected chi connectivity index (χ4v) is 1.88. The second-order valence-corrected chi connectivity index (χ2v) is 4.06. The molecule has 0 spiro atoms. The molecule has 58 valence electrons. The number of halogens is 1. The van der Waals surface area contributed by atoms with Crippen molar-refractivity contribution < 1.29 is 4.74 Å². The minimum Gasteiger partial charge on any atom is -0.480 e. The Morgan fingerprint density at radius 3 is 3.09 bits per heavy atom. The van der Waals surface area contributed by atoms with Crippen LogP contribution in [-0.4, -0.2) is 4.11 Å². The van der Waals surface area contributed by atoms with Crippen LogP contribution in [0.1, 0.15) is 12.0 Å². The molecule has 0 bridgehead atoms. The zero-order valence-corrected chi connectivity index (χ0v) is 8.24. The minimum atomic E-state index is 0.363. The Hall–Kier alpha value is -0.250. The molecule has 11 heavy (non-hydrogen) atoms. The van der Waals surface area contributed by atoms with Crippen molar-refractivity contribution in [1.82, 2.24) is 0 Å². The Morgan fingerprint density at radius 1 is 1.36 bits per heavy atom. The lowest BCUT2D eigenvalue weighted by molar-refractivity contribution is 0.270. The van der Waals surface area contributed by atoms with Crippen molar-refractivity contribution in [2.75, 3.05) is 0 Å². The molecular weight excluding hydrogens is 251 g/mol. The first kappa shape index (κ1) is 7.40. The number of benzene rings is 1. The molecule has 1 atom stereocenters. The Labute approximate surface area is 79.9 Å². The number of aryl methyl sites for hydroxylation is 1. The predicted molar refractivity (Wildman–Crippen MR) is 53.2 cm³/mol. The van der Waals surface area contributed by atoms with Crippen molar-refractivity contribution in [3.63, 3.8) is 0 Å². The molecule has 0 aliphatic carbocycles. The van der Waals surface area contributed by atoms with E-state index in [4.69, 9.17) is 4.74 Å². The summed E-state index contributed by atoms with van der Waals surface area (Å²) in [7, 11) is 0. The van der Waals surface area contributed by atoms with Crippen LogP contribution in [0, 0.1) is 0 Å². The molecule has 1 aromatic rings. The third-order valence-corrected chi connectivity index (χ3v) is 2.75. The number of hydrogen-bond donors (Lipinski definition) is 0. The van der Waals surface area contributed by atoms with Crippen LogP contribution in [0.4, 0.5) is 0 Å². The molecule has 0 N–H and O–H groups in total. The minimum absolute atomic E-state index is 0.363. The molecule has 2 heteroatoms. The number of rotatable bonds is 0. The highest BCUT2D eigenvalue weighted by molar-refractivity contribution is 14.1. The highest BCUT2D eigenvalue weighted by Gasteiger charge is 2.15. The van der Waals surface area contributed by atoms with Crippen molar-refractivity contribution in [3.8, 4) is 5.75 Å². The first-order chi connectivity index (χ1) is 5.36. The highest BCUT2D eigenvalue weighted by atomic mass is 127. The molecule has 0 aromatic heterocycles. The van der Waals surface area contributed by atoms with E-state index in [9.17, 15) is 0 Å². The Bertz CT molecular complexity index is 259. The molecule has 0 saturated heterocycles. The van der Waals surface area contributed by atoms with Gasteiger partial charge < -0.3 is 4.74 Å². The number of alkyl halides is 1. The summed E-state index contributed by atoms with van der Waals surface area (Å²) in [6.45, 7) is 0. The molecule has 1 aromatic carbocycles. The van der Waals surface area contributed by atoms with Crippen LogP contribution in [-0.2, 0) is 6.42 Å². The van der Waals surface area contributed by atoms with Gasteiger partial charge in [-0.25, -0.2) is 0 Å². The smallest absolute Gasteiger partial charge is 0.149 e. The van der Waals surface area contributed by atoms with Crippen molar-refractivity contribution in [2.45, 2.75) is 17.0 Å². The van der Waals surface area contributed by atoms with Crippen LogP contribution in [0.25, 0.3) is 0 Å². The first-order valence-corrected chi connectivity index (χ1v) is 4.99. The Balaban J connectivity index is 2.34. The van der Waals surface area contributed by atoms with Crippen LogP contribution in [0.5, 0.6) is 5.75 Å². The van der Waals surface area contributed by atoms with E-state index in [0.29, 0.717) is 4.11 Å². The third-order valence-electron chi connectivity index (χ3n) is 1.87. The fourth-order valence-electron chi connectivity index (χ4n) is 1.29. The summed E-state index contributed by atoms with van der Waals surface area (Å²) in [5, 5.41) is 0. The van der Waals surface area contributed by atoms with Crippen molar-refractivity contribution >= 4 is 22.6 Å². The summed E-state index contributed by atoms with van der Waals surface area (Å²) in [6.07, 6.45) is 2.29. The molecule has 1 aliphatic heterocycles. The van der Waals surface area contributed by atoms with Gasteiger partial charge in [-0.15, -0.1) is 0 Å². The standard InChI is InChI=1S/C9H9IO/c10-9-6-5-7-3-1-2-4-8(7)11-9/h1-4,9H,5-6H2. The molecule has 1 unspecified atom stereocenters. The summed E-state index contributed by atoms with van der Waals surface area (Å²) in [5.74, 6) is 1.07. The summed E-state index contributed by atoms with van der Waals surface area (Å²) >= 11 is 2.33. The molecule has 1 nitrogen and oxygen atoms in total. The van der Waals surface area contributed by atoms with E-state index in [1.165, 1.54) is 5.56 Å². The van der Waals surface area contributed by atoms with Gasteiger partial charge in [-0.05, 0) is 47.1 Å². The van der Waals surface area contributed by atoms with Gasteiger partial charge in [-0.2, -0.15) is 0 Å². The van der Waals surface area contributed by atoms with Crippen molar-refractivity contribution in [2.24, 2.45) is 0 Å². The van der Waals surface area contributed by atoms with Crippen LogP contribution in [0.15, 0.2) is 24.3 Å². The molecule has 1 aliphatic rings. The van der Waals surface area contributed by atoms with Crippen LogP contribution in [0.2, 0.25) is 0 Å². The van der Waals surface area contributed by atoms with Gasteiger partial charge in [-0.1, -0.05) is 18.2 Å². The lowest BCUT2D eigenvalue weighted by Gasteiger charge is -2.21. The Kier molecular flexibility index (Phi) is 2.02. The average Bonchev–Trinajstić information content (AvgIpc) is 2.04. The third kappa shape index (κ3) is 1.50. The first-order valence-electron chi connectivity index (χ1n) is 3.75. The van der Waals surface area contributed by atoms with Crippen LogP contribution < -0.4 is 4.74 Å². The van der Waals surface area contributed by atoms with Gasteiger partial charge in [-0.3, -0.25) is 0 Å². The highest BCUT2D eigenvalue weighted by Crippen LogP contribution is 2.28. The second kappa shape index (κ2) is 3.01. The number of hydrogen-bond acceptors (Lipinski definition) is 1. The maximum atomic E-state index is 5.62. The van der Waals surface area contributed by atoms with Gasteiger partial charge in [0.1, 0.15) is 9.86 Å². The van der Waals surface area contributed by atoms with Crippen molar-refractivity contribution in [1.29, 1.82) is 0 Å². The van der Waals surface area contributed by atoms with E-state index in [2.05, 4.69) is 34.7 Å². The summed E-state index contributed by atoms with van der Waals surface area (Å²) in [6, 6.07) is 8.27. The SMILES string of the molecule is IC1CCc2ccccc2O1. The largest absolute Gasteiger partial charge is 0.480 e. The van der Waals surface area contributed by atoms with E-state index in [1.54, 1.807) is 0 Å². The maximum absolute atomic E-state index is 5.62. The number of ether oxygens (including phenoxy) is 1. The normalized spacial score (nSPS) is 22.1. The molecule has 0 amide bonds. The molecule has 2 rings (SSSR count). The lowest BCUT2D eigenvalue weighted by Crippen LogP contribution is -2.15. The van der Waals surface area contributed by atoms with Gasteiger partial charge in [0.05, 0.1) is 0 Å². The predicted octanol–water partition coefficient (Wildman–Crippen LogP) is 2.77. The average molecular weight is 260 g/mol. The van der Waals surface area contributed by atoms with Gasteiger partial charge in [0.2, 0.25) is 0 Å². The zero-order valence-electron chi connectivity index (χ0n) is 6.09. The summed E-state index contributed by atoms with van der Waals surface area (Å²) < 4.78 is 5.98. The maximum Gasteiger partial charge on any atom is 0.149 e. The molecular formula is C9H9IO. The van der Waals surface area contributed by atoms with Gasteiger partial charge in [0.25, 0.3) is 0 Å². The van der Waals surface area contributed by atoms with E-state index >= 15 is 0 Å². The second-order valence-electron chi connectivity index (χ2n) is 2.67. The van der Waals surface area contributed by atoms with Gasteiger partial charge in [0.15, 0.2) is 0 Å². The monoisotopic (exact) mass is 260 g/mol. The number of fused-ring (bicyclic) bond motifs is 1. The van der Waals surface area contributed by atoms with Crippen molar-refractivity contribution in [3.05, 3.63) is 29.8 Å². The van der Waals surface area contributed by atoms with E-state index in [-0.39, 0.29) is 0 Å². The summed E-state index contributed by atoms with van der Waals surface area (Å²) in [4.78, 5) is 0. The molecule has 1 heterocycles. The van der Waals surface area contributed by atoms with E-state index < -0.39 is 0 Å². The topological polar surface area (TPSA) is 9.23 Å². The van der Waals surface area contributed by atoms with Gasteiger partial charge >= 0.3 is 0 Å². The zero-order chi connectivity index (χ0) is 7.68. The van der Waals surface area contributed by atoms with E-state index in [0.717, 1.165) is 18.6 Å². The fraction of sp³-hybridized carbons (Fsp3) is 0.333. The van der Waals surface area contributed by atoms with Crippen LogP contribution in [0.3, 0.4) is 0 Å².